The summed E-state index contributed by atoms with van der Waals surface area (Å²) in [4.78, 5) is 10.5. The van der Waals surface area contributed by atoms with Gasteiger partial charge in [0.15, 0.2) is 11.5 Å². The Morgan fingerprint density at radius 3 is 2.67 bits per heavy atom. The summed E-state index contributed by atoms with van der Waals surface area (Å²) in [5.41, 5.74) is 6.43. The van der Waals surface area contributed by atoms with Crippen LogP contribution in [0.3, 0.4) is 0 Å². The average molecular weight is 209 g/mol. The third-order valence-corrected chi connectivity index (χ3v) is 2.11. The third kappa shape index (κ3) is 2.70. The van der Waals surface area contributed by atoms with Gasteiger partial charge >= 0.3 is 0 Å². The van der Waals surface area contributed by atoms with E-state index in [4.69, 9.17) is 15.2 Å². The highest BCUT2D eigenvalue weighted by atomic mass is 16.5. The van der Waals surface area contributed by atoms with E-state index in [1.807, 2.05) is 12.1 Å². The summed E-state index contributed by atoms with van der Waals surface area (Å²) in [5, 5.41) is 0. The molecule has 0 aromatic heterocycles. The van der Waals surface area contributed by atoms with Gasteiger partial charge in [0.1, 0.15) is 6.29 Å². The number of hydrogen-bond donors (Lipinski definition) is 1. The van der Waals surface area contributed by atoms with Gasteiger partial charge in [0.2, 0.25) is 0 Å². The molecule has 82 valence electrons. The molecule has 15 heavy (non-hydrogen) atoms. The van der Waals surface area contributed by atoms with Gasteiger partial charge in [-0.1, -0.05) is 12.1 Å². The van der Waals surface area contributed by atoms with Gasteiger partial charge in [-0.15, -0.1) is 0 Å². The summed E-state index contributed by atoms with van der Waals surface area (Å²) in [6, 6.07) is 5.00. The maximum Gasteiger partial charge on any atom is 0.163 e. The van der Waals surface area contributed by atoms with Crippen molar-refractivity contribution in [3.63, 3.8) is 0 Å². The van der Waals surface area contributed by atoms with Crippen molar-refractivity contribution in [3.8, 4) is 11.5 Å². The Kier molecular flexibility index (Phi) is 4.12. The van der Waals surface area contributed by atoms with Crippen LogP contribution in [0.5, 0.6) is 11.5 Å². The molecule has 1 unspecified atom stereocenters. The first-order valence-corrected chi connectivity index (χ1v) is 4.63. The minimum absolute atomic E-state index is 0.448. The fourth-order valence-electron chi connectivity index (χ4n) is 1.42. The highest BCUT2D eigenvalue weighted by molar-refractivity contribution is 5.59. The molecule has 2 N–H and O–H groups in total. The Balaban J connectivity index is 3.00. The molecular formula is C11H15NO3. The second-order valence-corrected chi connectivity index (χ2v) is 3.16. The van der Waals surface area contributed by atoms with Crippen LogP contribution < -0.4 is 15.2 Å². The van der Waals surface area contributed by atoms with Crippen molar-refractivity contribution in [3.05, 3.63) is 23.8 Å². The van der Waals surface area contributed by atoms with Crippen molar-refractivity contribution in [1.82, 2.24) is 0 Å². The predicted molar refractivity (Wildman–Crippen MR) is 57.3 cm³/mol. The monoisotopic (exact) mass is 209 g/mol. The first-order valence-electron chi connectivity index (χ1n) is 4.63. The van der Waals surface area contributed by atoms with Crippen LogP contribution in [0.4, 0.5) is 0 Å². The molecule has 4 heteroatoms. The molecule has 0 saturated heterocycles. The van der Waals surface area contributed by atoms with E-state index in [1.165, 1.54) is 0 Å². The van der Waals surface area contributed by atoms with E-state index >= 15 is 0 Å². The van der Waals surface area contributed by atoms with E-state index in [0.29, 0.717) is 17.9 Å². The van der Waals surface area contributed by atoms with Crippen LogP contribution in [0, 0.1) is 0 Å². The molecule has 1 atom stereocenters. The maximum atomic E-state index is 10.5. The topological polar surface area (TPSA) is 61.5 Å². The fourth-order valence-corrected chi connectivity index (χ4v) is 1.42. The zero-order valence-corrected chi connectivity index (χ0v) is 8.90. The zero-order valence-electron chi connectivity index (χ0n) is 8.90. The van der Waals surface area contributed by atoms with E-state index < -0.39 is 6.04 Å². The number of ether oxygens (including phenoxy) is 2. The summed E-state index contributed by atoms with van der Waals surface area (Å²) in [7, 11) is 3.13. The molecule has 0 aliphatic heterocycles. The number of nitrogens with two attached hydrogens (primary N) is 1. The van der Waals surface area contributed by atoms with Crippen molar-refractivity contribution in [1.29, 1.82) is 0 Å². The predicted octanol–water partition coefficient (Wildman–Crippen LogP) is 0.772. The highest BCUT2D eigenvalue weighted by Gasteiger charge is 2.11. The van der Waals surface area contributed by atoms with Crippen molar-refractivity contribution in [2.75, 3.05) is 14.2 Å². The van der Waals surface area contributed by atoms with Crippen LogP contribution in [-0.4, -0.2) is 26.5 Å². The summed E-state index contributed by atoms with van der Waals surface area (Å²) >= 11 is 0. The standard InChI is InChI=1S/C11H15NO3/c1-14-10-5-3-4-8(11(10)15-2)6-9(12)7-13/h3-5,7,9H,6,12H2,1-2H3. The van der Waals surface area contributed by atoms with Gasteiger partial charge in [-0.3, -0.25) is 0 Å². The number of hydrogen-bond acceptors (Lipinski definition) is 4. The molecule has 0 amide bonds. The number of benzene rings is 1. The number of carbonyl (C=O) groups excluding carboxylic acids is 1. The molecule has 0 bridgehead atoms. The molecule has 1 aromatic rings. The number of rotatable bonds is 5. The molecular weight excluding hydrogens is 194 g/mol. The van der Waals surface area contributed by atoms with Gasteiger partial charge in [-0.2, -0.15) is 0 Å². The maximum absolute atomic E-state index is 10.5. The molecule has 1 rings (SSSR count). The largest absolute Gasteiger partial charge is 0.493 e. The van der Waals surface area contributed by atoms with Gasteiger partial charge in [-0.05, 0) is 18.1 Å². The lowest BCUT2D eigenvalue weighted by Crippen LogP contribution is -2.24. The highest BCUT2D eigenvalue weighted by Crippen LogP contribution is 2.31. The lowest BCUT2D eigenvalue weighted by molar-refractivity contribution is -0.108. The second kappa shape index (κ2) is 5.36. The summed E-state index contributed by atoms with van der Waals surface area (Å²) in [5.74, 6) is 1.28. The Morgan fingerprint density at radius 2 is 2.13 bits per heavy atom. The van der Waals surface area contributed by atoms with Crippen LogP contribution >= 0.6 is 0 Å². The Bertz CT molecular complexity index is 339. The van der Waals surface area contributed by atoms with Crippen molar-refractivity contribution in [2.45, 2.75) is 12.5 Å². The Labute approximate surface area is 89.0 Å². The molecule has 0 heterocycles. The number of aldehydes is 1. The first-order chi connectivity index (χ1) is 7.22. The summed E-state index contributed by atoms with van der Waals surface area (Å²) in [6.07, 6.45) is 1.17. The molecule has 0 aliphatic rings. The van der Waals surface area contributed by atoms with Gasteiger partial charge in [-0.25, -0.2) is 0 Å². The molecule has 0 fully saturated rings. The van der Waals surface area contributed by atoms with Crippen LogP contribution in [0.1, 0.15) is 5.56 Å². The van der Waals surface area contributed by atoms with Crippen molar-refractivity contribution < 1.29 is 14.3 Å². The van der Waals surface area contributed by atoms with E-state index in [9.17, 15) is 4.79 Å². The molecule has 0 radical (unpaired) electrons. The van der Waals surface area contributed by atoms with E-state index in [-0.39, 0.29) is 0 Å². The fraction of sp³-hybridized carbons (Fsp3) is 0.364. The quantitative estimate of drug-likeness (QED) is 0.728. The molecule has 0 saturated carbocycles. The Hall–Kier alpha value is -1.55. The normalized spacial score (nSPS) is 11.9. The summed E-state index contributed by atoms with van der Waals surface area (Å²) in [6.45, 7) is 0. The number of carbonyl (C=O) groups is 1. The minimum atomic E-state index is -0.508. The van der Waals surface area contributed by atoms with E-state index in [0.717, 1.165) is 11.8 Å². The van der Waals surface area contributed by atoms with Crippen LogP contribution in [0.2, 0.25) is 0 Å². The average Bonchev–Trinajstić information content (AvgIpc) is 2.28. The first kappa shape index (κ1) is 11.5. The lowest BCUT2D eigenvalue weighted by atomic mass is 10.1. The summed E-state index contributed by atoms with van der Waals surface area (Å²) < 4.78 is 10.4. The third-order valence-electron chi connectivity index (χ3n) is 2.11. The minimum Gasteiger partial charge on any atom is -0.493 e. The number of methoxy groups -OCH3 is 2. The van der Waals surface area contributed by atoms with Crippen LogP contribution in [-0.2, 0) is 11.2 Å². The zero-order chi connectivity index (χ0) is 11.3. The van der Waals surface area contributed by atoms with E-state index in [1.54, 1.807) is 20.3 Å². The van der Waals surface area contributed by atoms with E-state index in [2.05, 4.69) is 0 Å². The van der Waals surface area contributed by atoms with Gasteiger partial charge in [0, 0.05) is 0 Å². The molecule has 0 spiro atoms. The van der Waals surface area contributed by atoms with Gasteiger partial charge in [0.05, 0.1) is 20.3 Å². The Morgan fingerprint density at radius 1 is 1.40 bits per heavy atom. The lowest BCUT2D eigenvalue weighted by Gasteiger charge is -2.13. The van der Waals surface area contributed by atoms with Gasteiger partial charge in [0.25, 0.3) is 0 Å². The number of para-hydroxylation sites is 1. The molecule has 1 aromatic carbocycles. The van der Waals surface area contributed by atoms with Crippen molar-refractivity contribution >= 4 is 6.29 Å². The van der Waals surface area contributed by atoms with Crippen LogP contribution in [0.15, 0.2) is 18.2 Å². The van der Waals surface area contributed by atoms with Gasteiger partial charge < -0.3 is 20.0 Å². The molecule has 4 nitrogen and oxygen atoms in total. The van der Waals surface area contributed by atoms with Crippen molar-refractivity contribution in [2.24, 2.45) is 5.73 Å². The second-order valence-electron chi connectivity index (χ2n) is 3.16. The SMILES string of the molecule is COc1cccc(CC(N)C=O)c1OC. The molecule has 0 aliphatic carbocycles. The smallest absolute Gasteiger partial charge is 0.163 e. The van der Waals surface area contributed by atoms with Crippen LogP contribution in [0.25, 0.3) is 0 Å².